The quantitative estimate of drug-likeness (QED) is 0.437. The van der Waals surface area contributed by atoms with Crippen LogP contribution in [0.25, 0.3) is 10.2 Å². The van der Waals surface area contributed by atoms with E-state index in [0.717, 1.165) is 39.7 Å². The lowest BCUT2D eigenvalue weighted by molar-refractivity contribution is 0.218. The van der Waals surface area contributed by atoms with Gasteiger partial charge in [0.2, 0.25) is 0 Å². The second kappa shape index (κ2) is 7.56. The molecule has 1 aromatic carbocycles. The number of nitrogen functional groups attached to an aromatic ring is 1. The summed E-state index contributed by atoms with van der Waals surface area (Å²) in [5, 5.41) is 1.85. The molecule has 0 radical (unpaired) electrons. The van der Waals surface area contributed by atoms with Crippen LogP contribution in [0.1, 0.15) is 43.2 Å². The molecule has 4 nitrogen and oxygen atoms in total. The summed E-state index contributed by atoms with van der Waals surface area (Å²) in [6.45, 7) is 7.04. The maximum absolute atomic E-state index is 6.38. The average Bonchev–Trinajstić information content (AvgIpc) is 3.04. The van der Waals surface area contributed by atoms with Gasteiger partial charge in [-0.1, -0.05) is 44.7 Å². The lowest BCUT2D eigenvalue weighted by Gasteiger charge is -2.33. The molecule has 0 aliphatic heterocycles. The highest BCUT2D eigenvalue weighted by Gasteiger charge is 2.31. The molecule has 0 saturated carbocycles. The van der Waals surface area contributed by atoms with Crippen molar-refractivity contribution < 1.29 is 4.74 Å². The fourth-order valence-corrected chi connectivity index (χ4v) is 6.03. The van der Waals surface area contributed by atoms with Crippen molar-refractivity contribution in [2.75, 3.05) is 12.8 Å². The maximum atomic E-state index is 6.38. The number of fused-ring (bicyclic) bond motifs is 3. The molecule has 2 heterocycles. The van der Waals surface area contributed by atoms with Crippen molar-refractivity contribution >= 4 is 39.1 Å². The molecule has 0 unspecified atom stereocenters. The number of hydrogen-bond donors (Lipinski definition) is 1. The third-order valence-corrected chi connectivity index (χ3v) is 7.73. The molecule has 3 aromatic rings. The van der Waals surface area contributed by atoms with E-state index in [0.29, 0.717) is 17.2 Å². The van der Waals surface area contributed by atoms with E-state index in [2.05, 4.69) is 37.9 Å². The molecule has 6 heteroatoms. The van der Waals surface area contributed by atoms with Gasteiger partial charge < -0.3 is 10.5 Å². The minimum atomic E-state index is 0.338. The third-order valence-electron chi connectivity index (χ3n) is 5.67. The fraction of sp³-hybridized carbons (Fsp3) is 0.455. The summed E-state index contributed by atoms with van der Waals surface area (Å²) >= 11 is 3.44. The number of methoxy groups -OCH3 is 1. The molecule has 1 atom stereocenters. The van der Waals surface area contributed by atoms with Crippen molar-refractivity contribution in [2.45, 2.75) is 50.9 Å². The van der Waals surface area contributed by atoms with Crippen LogP contribution < -0.4 is 10.5 Å². The van der Waals surface area contributed by atoms with Crippen molar-refractivity contribution in [3.05, 3.63) is 40.3 Å². The first-order chi connectivity index (χ1) is 13.3. The summed E-state index contributed by atoms with van der Waals surface area (Å²) in [7, 11) is 1.68. The minimum absolute atomic E-state index is 0.338. The first-order valence-corrected chi connectivity index (χ1v) is 11.5. The molecular weight excluding hydrogens is 386 g/mol. The molecule has 0 bridgehead atoms. The average molecular weight is 414 g/mol. The Morgan fingerprint density at radius 1 is 1.21 bits per heavy atom. The Morgan fingerprint density at radius 2 is 1.96 bits per heavy atom. The van der Waals surface area contributed by atoms with E-state index in [1.54, 1.807) is 18.9 Å². The highest BCUT2D eigenvalue weighted by atomic mass is 32.2. The summed E-state index contributed by atoms with van der Waals surface area (Å²) in [6, 6.07) is 8.11. The fourth-order valence-electron chi connectivity index (χ4n) is 3.86. The molecule has 4 rings (SSSR count). The Hall–Kier alpha value is -1.79. The van der Waals surface area contributed by atoms with Crippen LogP contribution in [0, 0.1) is 11.3 Å². The van der Waals surface area contributed by atoms with Gasteiger partial charge in [0, 0.05) is 10.6 Å². The lowest BCUT2D eigenvalue weighted by Crippen LogP contribution is -2.26. The third kappa shape index (κ3) is 3.85. The Labute approximate surface area is 174 Å². The molecule has 1 aliphatic carbocycles. The second-order valence-corrected chi connectivity index (χ2v) is 10.5. The molecule has 2 N–H and O–H groups in total. The molecule has 28 heavy (non-hydrogen) atoms. The molecule has 0 spiro atoms. The number of thioether (sulfide) groups is 1. The molecular formula is C22H27N3OS2. The summed E-state index contributed by atoms with van der Waals surface area (Å²) in [6.07, 6.45) is 3.44. The van der Waals surface area contributed by atoms with Gasteiger partial charge in [0.05, 0.1) is 12.5 Å². The van der Waals surface area contributed by atoms with Crippen LogP contribution in [0.3, 0.4) is 0 Å². The zero-order valence-electron chi connectivity index (χ0n) is 16.9. The van der Waals surface area contributed by atoms with E-state index in [-0.39, 0.29) is 0 Å². The second-order valence-electron chi connectivity index (χ2n) is 8.52. The molecule has 1 aliphatic rings. The Balaban J connectivity index is 1.57. The van der Waals surface area contributed by atoms with Crippen molar-refractivity contribution in [3.63, 3.8) is 0 Å². The maximum Gasteiger partial charge on any atom is 0.191 e. The van der Waals surface area contributed by atoms with Gasteiger partial charge in [-0.05, 0) is 53.9 Å². The van der Waals surface area contributed by atoms with Crippen molar-refractivity contribution in [1.82, 2.24) is 9.97 Å². The highest BCUT2D eigenvalue weighted by molar-refractivity contribution is 7.98. The number of aryl methyl sites for hydroxylation is 1. The van der Waals surface area contributed by atoms with Gasteiger partial charge in [-0.15, -0.1) is 11.3 Å². The number of nitrogens with two attached hydrogens (primary N) is 1. The van der Waals surface area contributed by atoms with Gasteiger partial charge in [-0.25, -0.2) is 9.97 Å². The summed E-state index contributed by atoms with van der Waals surface area (Å²) < 4.78 is 5.22. The smallest absolute Gasteiger partial charge is 0.191 e. The zero-order chi connectivity index (χ0) is 19.9. The summed E-state index contributed by atoms with van der Waals surface area (Å²) in [5.41, 5.74) is 9.32. The topological polar surface area (TPSA) is 61.0 Å². The highest BCUT2D eigenvalue weighted by Crippen LogP contribution is 2.44. The van der Waals surface area contributed by atoms with E-state index in [4.69, 9.17) is 15.5 Å². The van der Waals surface area contributed by atoms with Crippen LogP contribution in [0.4, 0.5) is 5.82 Å². The normalized spacial score (nSPS) is 16.9. The summed E-state index contributed by atoms with van der Waals surface area (Å²) in [4.78, 5) is 12.0. The first kappa shape index (κ1) is 19.5. The monoisotopic (exact) mass is 413 g/mol. The first-order valence-electron chi connectivity index (χ1n) is 9.68. The van der Waals surface area contributed by atoms with Crippen molar-refractivity contribution in [3.8, 4) is 5.75 Å². The minimum Gasteiger partial charge on any atom is -0.497 e. The van der Waals surface area contributed by atoms with Gasteiger partial charge in [0.15, 0.2) is 5.16 Å². The van der Waals surface area contributed by atoms with Gasteiger partial charge in [0.1, 0.15) is 16.4 Å². The lowest BCUT2D eigenvalue weighted by atomic mass is 9.72. The predicted octanol–water partition coefficient (Wildman–Crippen LogP) is 5.73. The van der Waals surface area contributed by atoms with Crippen LogP contribution in [0.5, 0.6) is 5.75 Å². The van der Waals surface area contributed by atoms with Crippen LogP contribution in [-0.2, 0) is 18.6 Å². The zero-order valence-corrected chi connectivity index (χ0v) is 18.5. The van der Waals surface area contributed by atoms with Gasteiger partial charge >= 0.3 is 0 Å². The number of thiophene rings is 1. The number of anilines is 1. The number of rotatable bonds is 4. The van der Waals surface area contributed by atoms with E-state index >= 15 is 0 Å². The van der Waals surface area contributed by atoms with E-state index in [1.807, 2.05) is 23.5 Å². The Kier molecular flexibility index (Phi) is 5.27. The predicted molar refractivity (Wildman–Crippen MR) is 119 cm³/mol. The molecule has 148 valence electrons. The van der Waals surface area contributed by atoms with Crippen molar-refractivity contribution in [2.24, 2.45) is 11.3 Å². The standard InChI is InChI=1S/C22H27N3OS2/c1-22(2,3)14-7-10-16-17(11-14)28-20-18(16)19(23)24-21(25-20)27-12-13-5-8-15(26-4)9-6-13/h5-6,8-9,14H,7,10-12H2,1-4H3,(H2,23,24,25)/t14-/m0/s1. The van der Waals surface area contributed by atoms with E-state index in [9.17, 15) is 0 Å². The molecule has 0 amide bonds. The number of ether oxygens (including phenoxy) is 1. The molecule has 0 saturated heterocycles. The van der Waals surface area contributed by atoms with E-state index < -0.39 is 0 Å². The summed E-state index contributed by atoms with van der Waals surface area (Å²) in [5.74, 6) is 3.03. The van der Waals surface area contributed by atoms with Crippen LogP contribution >= 0.6 is 23.1 Å². The van der Waals surface area contributed by atoms with E-state index in [1.165, 1.54) is 22.4 Å². The largest absolute Gasteiger partial charge is 0.497 e. The number of aromatic nitrogens is 2. The Morgan fingerprint density at radius 3 is 2.64 bits per heavy atom. The van der Waals surface area contributed by atoms with Gasteiger partial charge in [-0.3, -0.25) is 0 Å². The van der Waals surface area contributed by atoms with Crippen molar-refractivity contribution in [1.29, 1.82) is 0 Å². The van der Waals surface area contributed by atoms with Crippen LogP contribution in [0.15, 0.2) is 29.4 Å². The number of nitrogens with zero attached hydrogens (tertiary/aromatic N) is 2. The van der Waals surface area contributed by atoms with Crippen LogP contribution in [-0.4, -0.2) is 17.1 Å². The SMILES string of the molecule is COc1ccc(CSc2nc(N)c3c4c(sc3n2)C[C@@H](C(C)(C)C)CC4)cc1. The molecule has 0 fully saturated rings. The van der Waals surface area contributed by atoms with Gasteiger partial charge in [-0.2, -0.15) is 0 Å². The Bertz CT molecular complexity index is 990. The van der Waals surface area contributed by atoms with Crippen LogP contribution in [0.2, 0.25) is 0 Å². The number of hydrogen-bond acceptors (Lipinski definition) is 6. The molecule has 2 aromatic heterocycles. The van der Waals surface area contributed by atoms with Gasteiger partial charge in [0.25, 0.3) is 0 Å². The number of benzene rings is 1.